The molecule has 3 rings (SSSR count). The molecule has 2 aliphatic rings. The lowest BCUT2D eigenvalue weighted by atomic mass is 9.98. The molecule has 0 radical (unpaired) electrons. The van der Waals surface area contributed by atoms with Crippen molar-refractivity contribution in [1.29, 1.82) is 0 Å². The van der Waals surface area contributed by atoms with Crippen LogP contribution in [0, 0.1) is 0 Å². The summed E-state index contributed by atoms with van der Waals surface area (Å²) in [6, 6.07) is 3.92. The molecule has 0 aliphatic carbocycles. The molecule has 1 aromatic rings. The van der Waals surface area contributed by atoms with Crippen molar-refractivity contribution >= 4 is 5.82 Å². The highest BCUT2D eigenvalue weighted by Gasteiger charge is 2.35. The van der Waals surface area contributed by atoms with E-state index in [-0.39, 0.29) is 0 Å². The summed E-state index contributed by atoms with van der Waals surface area (Å²) in [6.45, 7) is 2.80. The summed E-state index contributed by atoms with van der Waals surface area (Å²) in [4.78, 5) is 10.9. The van der Waals surface area contributed by atoms with Crippen molar-refractivity contribution in [2.24, 2.45) is 0 Å². The Labute approximate surface area is 120 Å². The first kappa shape index (κ1) is 13.6. The molecule has 1 aromatic heterocycles. The lowest BCUT2D eigenvalue weighted by Crippen LogP contribution is -2.47. The summed E-state index contributed by atoms with van der Waals surface area (Å²) >= 11 is 0. The van der Waals surface area contributed by atoms with Crippen LogP contribution in [0.1, 0.15) is 39.0 Å². The third-order valence-electron chi connectivity index (χ3n) is 4.44. The smallest absolute Gasteiger partial charge is 0.218 e. The van der Waals surface area contributed by atoms with Gasteiger partial charge in [-0.2, -0.15) is 0 Å². The van der Waals surface area contributed by atoms with E-state index in [1.807, 2.05) is 6.07 Å². The third-order valence-corrected chi connectivity index (χ3v) is 4.44. The van der Waals surface area contributed by atoms with E-state index >= 15 is 0 Å². The largest absolute Gasteiger partial charge is 0.478 e. The standard InChI is InChI=1S/C15H24N4O/c1-3-6-20-15-9-14(16-10-17-15)19(2)13-7-11-4-5-12(8-13)18-11/h9-13,18H,3-8H2,1-2H3. The molecule has 5 heteroatoms. The highest BCUT2D eigenvalue weighted by atomic mass is 16.5. The van der Waals surface area contributed by atoms with Gasteiger partial charge in [-0.3, -0.25) is 0 Å². The van der Waals surface area contributed by atoms with Gasteiger partial charge in [0.15, 0.2) is 0 Å². The molecule has 0 saturated carbocycles. The maximum atomic E-state index is 5.60. The molecule has 5 nitrogen and oxygen atoms in total. The van der Waals surface area contributed by atoms with Crippen molar-refractivity contribution in [3.05, 3.63) is 12.4 Å². The molecule has 0 spiro atoms. The number of nitrogens with one attached hydrogen (secondary N) is 1. The quantitative estimate of drug-likeness (QED) is 0.891. The van der Waals surface area contributed by atoms with Gasteiger partial charge >= 0.3 is 0 Å². The van der Waals surface area contributed by atoms with E-state index in [2.05, 4.69) is 34.2 Å². The average molecular weight is 276 g/mol. The van der Waals surface area contributed by atoms with E-state index in [1.54, 1.807) is 6.33 Å². The van der Waals surface area contributed by atoms with E-state index < -0.39 is 0 Å². The van der Waals surface area contributed by atoms with Gasteiger partial charge in [-0.05, 0) is 32.1 Å². The molecule has 2 aliphatic heterocycles. The minimum Gasteiger partial charge on any atom is -0.478 e. The second kappa shape index (κ2) is 5.95. The fourth-order valence-electron chi connectivity index (χ4n) is 3.34. The van der Waals surface area contributed by atoms with Gasteiger partial charge < -0.3 is 15.0 Å². The Bertz CT molecular complexity index is 441. The lowest BCUT2D eigenvalue weighted by molar-refractivity contribution is 0.304. The van der Waals surface area contributed by atoms with Gasteiger partial charge in [-0.15, -0.1) is 0 Å². The highest BCUT2D eigenvalue weighted by Crippen LogP contribution is 2.31. The third kappa shape index (κ3) is 2.87. The fourth-order valence-corrected chi connectivity index (χ4v) is 3.34. The van der Waals surface area contributed by atoms with Crippen molar-refractivity contribution < 1.29 is 4.74 Å². The molecule has 3 heterocycles. The van der Waals surface area contributed by atoms with Crippen LogP contribution in [-0.4, -0.2) is 41.7 Å². The number of ether oxygens (including phenoxy) is 1. The molecule has 2 saturated heterocycles. The van der Waals surface area contributed by atoms with Crippen LogP contribution in [0.25, 0.3) is 0 Å². The number of hydrogen-bond donors (Lipinski definition) is 1. The zero-order valence-electron chi connectivity index (χ0n) is 12.4. The lowest BCUT2D eigenvalue weighted by Gasteiger charge is -2.36. The molecule has 2 bridgehead atoms. The van der Waals surface area contributed by atoms with Crippen LogP contribution in [0.5, 0.6) is 5.88 Å². The fraction of sp³-hybridized carbons (Fsp3) is 0.733. The van der Waals surface area contributed by atoms with Crippen LogP contribution in [0.3, 0.4) is 0 Å². The molecule has 1 N–H and O–H groups in total. The van der Waals surface area contributed by atoms with E-state index in [0.29, 0.717) is 30.6 Å². The second-order valence-corrected chi connectivity index (χ2v) is 5.94. The SMILES string of the molecule is CCCOc1cc(N(C)C2CC3CCC(C2)N3)ncn1. The first-order chi connectivity index (χ1) is 9.76. The van der Waals surface area contributed by atoms with Crippen LogP contribution in [-0.2, 0) is 0 Å². The van der Waals surface area contributed by atoms with Crippen LogP contribution in [0.2, 0.25) is 0 Å². The van der Waals surface area contributed by atoms with Gasteiger partial charge in [0.25, 0.3) is 0 Å². The number of aromatic nitrogens is 2. The van der Waals surface area contributed by atoms with E-state index in [4.69, 9.17) is 4.74 Å². The second-order valence-electron chi connectivity index (χ2n) is 5.94. The molecule has 2 fully saturated rings. The average Bonchev–Trinajstić information content (AvgIpc) is 2.83. The first-order valence-corrected chi connectivity index (χ1v) is 7.70. The van der Waals surface area contributed by atoms with Gasteiger partial charge in [0.05, 0.1) is 6.61 Å². The van der Waals surface area contributed by atoms with Crippen LogP contribution in [0.15, 0.2) is 12.4 Å². The van der Waals surface area contributed by atoms with Crippen molar-refractivity contribution in [2.45, 2.75) is 57.2 Å². The number of rotatable bonds is 5. The predicted molar refractivity (Wildman–Crippen MR) is 79.2 cm³/mol. The minimum absolute atomic E-state index is 0.572. The molecule has 20 heavy (non-hydrogen) atoms. The predicted octanol–water partition coefficient (Wildman–Crippen LogP) is 1.98. The van der Waals surface area contributed by atoms with Gasteiger partial charge in [0.2, 0.25) is 5.88 Å². The van der Waals surface area contributed by atoms with Gasteiger partial charge in [-0.1, -0.05) is 6.92 Å². The van der Waals surface area contributed by atoms with Gasteiger partial charge in [0, 0.05) is 31.2 Å². The number of hydrogen-bond acceptors (Lipinski definition) is 5. The summed E-state index contributed by atoms with van der Waals surface area (Å²) in [6.07, 6.45) is 7.66. The monoisotopic (exact) mass is 276 g/mol. The van der Waals surface area contributed by atoms with Crippen LogP contribution < -0.4 is 15.0 Å². The zero-order valence-corrected chi connectivity index (χ0v) is 12.4. The molecule has 0 amide bonds. The number of nitrogens with zero attached hydrogens (tertiary/aromatic N) is 3. The van der Waals surface area contributed by atoms with Crippen molar-refractivity contribution in [1.82, 2.24) is 15.3 Å². The summed E-state index contributed by atoms with van der Waals surface area (Å²) in [5.41, 5.74) is 0. The van der Waals surface area contributed by atoms with E-state index in [0.717, 1.165) is 12.2 Å². The summed E-state index contributed by atoms with van der Waals surface area (Å²) < 4.78 is 5.60. The Kier molecular flexibility index (Phi) is 4.05. The molecule has 110 valence electrons. The van der Waals surface area contributed by atoms with Gasteiger partial charge in [-0.25, -0.2) is 9.97 Å². The molecule has 2 atom stereocenters. The Hall–Kier alpha value is -1.36. The zero-order chi connectivity index (χ0) is 13.9. The van der Waals surface area contributed by atoms with Gasteiger partial charge in [0.1, 0.15) is 12.1 Å². The maximum Gasteiger partial charge on any atom is 0.218 e. The Balaban J connectivity index is 1.68. The highest BCUT2D eigenvalue weighted by molar-refractivity contribution is 5.41. The summed E-state index contributed by atoms with van der Waals surface area (Å²) in [5, 5.41) is 3.68. The first-order valence-electron chi connectivity index (χ1n) is 7.70. The number of piperidine rings is 1. The molecular weight excluding hydrogens is 252 g/mol. The van der Waals surface area contributed by atoms with Crippen molar-refractivity contribution in [3.63, 3.8) is 0 Å². The van der Waals surface area contributed by atoms with Crippen molar-refractivity contribution in [3.8, 4) is 5.88 Å². The van der Waals surface area contributed by atoms with Crippen LogP contribution in [0.4, 0.5) is 5.82 Å². The normalized spacial score (nSPS) is 28.4. The van der Waals surface area contributed by atoms with Crippen LogP contribution >= 0.6 is 0 Å². The number of anilines is 1. The summed E-state index contributed by atoms with van der Waals surface area (Å²) in [5.74, 6) is 1.65. The molecule has 2 unspecified atom stereocenters. The summed E-state index contributed by atoms with van der Waals surface area (Å²) in [7, 11) is 2.14. The Morgan fingerprint density at radius 1 is 1.30 bits per heavy atom. The minimum atomic E-state index is 0.572. The topological polar surface area (TPSA) is 50.3 Å². The molecular formula is C15H24N4O. The van der Waals surface area contributed by atoms with E-state index in [9.17, 15) is 0 Å². The Morgan fingerprint density at radius 3 is 2.75 bits per heavy atom. The maximum absolute atomic E-state index is 5.60. The molecule has 0 aromatic carbocycles. The Morgan fingerprint density at radius 2 is 2.05 bits per heavy atom. The van der Waals surface area contributed by atoms with E-state index in [1.165, 1.54) is 25.7 Å². The number of fused-ring (bicyclic) bond motifs is 2. The van der Waals surface area contributed by atoms with Crippen molar-refractivity contribution in [2.75, 3.05) is 18.6 Å².